The molecule has 8 heteroatoms. The first-order valence-electron chi connectivity index (χ1n) is 9.64. The van der Waals surface area contributed by atoms with E-state index in [2.05, 4.69) is 10.6 Å². The molecule has 0 unspecified atom stereocenters. The Morgan fingerprint density at radius 1 is 1.14 bits per heavy atom. The van der Waals surface area contributed by atoms with Gasteiger partial charge in [-0.15, -0.1) is 12.4 Å². The van der Waals surface area contributed by atoms with Crippen LogP contribution in [0.25, 0.3) is 10.9 Å². The molecule has 152 valence electrons. The number of ether oxygens (including phenoxy) is 1. The SMILES string of the molecule is Cl.O=C(CNCC1CC1)Nc1ccc2c(ccn2CC(=O)N2CCOCC2)c1. The highest BCUT2D eigenvalue weighted by molar-refractivity contribution is 5.95. The lowest BCUT2D eigenvalue weighted by Gasteiger charge is -2.27. The fourth-order valence-electron chi connectivity index (χ4n) is 3.39. The maximum Gasteiger partial charge on any atom is 0.242 e. The predicted octanol–water partition coefficient (Wildman–Crippen LogP) is 1.86. The highest BCUT2D eigenvalue weighted by atomic mass is 35.5. The van der Waals surface area contributed by atoms with Gasteiger partial charge >= 0.3 is 0 Å². The Morgan fingerprint density at radius 3 is 2.68 bits per heavy atom. The minimum absolute atomic E-state index is 0. The summed E-state index contributed by atoms with van der Waals surface area (Å²) in [5.41, 5.74) is 1.76. The van der Waals surface area contributed by atoms with Gasteiger partial charge in [0.1, 0.15) is 6.54 Å². The van der Waals surface area contributed by atoms with Crippen molar-refractivity contribution in [3.63, 3.8) is 0 Å². The highest BCUT2D eigenvalue weighted by Crippen LogP contribution is 2.27. The largest absolute Gasteiger partial charge is 0.378 e. The van der Waals surface area contributed by atoms with Crippen LogP contribution in [-0.2, 0) is 20.9 Å². The lowest BCUT2D eigenvalue weighted by molar-refractivity contribution is -0.135. The van der Waals surface area contributed by atoms with Gasteiger partial charge in [-0.25, -0.2) is 0 Å². The molecule has 1 aromatic heterocycles. The standard InChI is InChI=1S/C20H26N4O3.ClH/c25-19(13-21-12-15-1-2-15)22-17-3-4-18-16(11-17)5-6-24(18)14-20(26)23-7-9-27-10-8-23;/h3-6,11,15,21H,1-2,7-10,12-14H2,(H,22,25);1H. The van der Waals surface area contributed by atoms with Gasteiger partial charge in [-0.3, -0.25) is 9.59 Å². The van der Waals surface area contributed by atoms with E-state index in [1.807, 2.05) is 39.9 Å². The number of anilines is 1. The molecule has 0 spiro atoms. The molecule has 28 heavy (non-hydrogen) atoms. The molecule has 1 aliphatic heterocycles. The molecule has 2 N–H and O–H groups in total. The number of carbonyl (C=O) groups is 2. The molecule has 2 aromatic rings. The molecule has 2 amide bonds. The fourth-order valence-corrected chi connectivity index (χ4v) is 3.39. The van der Waals surface area contributed by atoms with Crippen LogP contribution in [-0.4, -0.2) is 60.7 Å². The maximum atomic E-state index is 12.5. The van der Waals surface area contributed by atoms with Crippen LogP contribution in [0.3, 0.4) is 0 Å². The van der Waals surface area contributed by atoms with Crippen LogP contribution in [0.5, 0.6) is 0 Å². The topological polar surface area (TPSA) is 75.6 Å². The number of fused-ring (bicyclic) bond motifs is 1. The second kappa shape index (κ2) is 9.41. The molecule has 1 aliphatic carbocycles. The number of hydrogen-bond donors (Lipinski definition) is 2. The molecule has 7 nitrogen and oxygen atoms in total. The Labute approximate surface area is 170 Å². The number of amides is 2. The quantitative estimate of drug-likeness (QED) is 0.736. The van der Waals surface area contributed by atoms with Crippen LogP contribution in [0.2, 0.25) is 0 Å². The van der Waals surface area contributed by atoms with Gasteiger partial charge in [0.25, 0.3) is 0 Å². The number of rotatable bonds is 7. The number of nitrogens with one attached hydrogen (secondary N) is 2. The van der Waals surface area contributed by atoms with Crippen molar-refractivity contribution < 1.29 is 14.3 Å². The van der Waals surface area contributed by atoms with Crippen molar-refractivity contribution in [2.45, 2.75) is 19.4 Å². The number of benzene rings is 1. The van der Waals surface area contributed by atoms with Gasteiger partial charge in [0.05, 0.1) is 19.8 Å². The molecule has 1 aromatic carbocycles. The molecular weight excluding hydrogens is 380 g/mol. The predicted molar refractivity (Wildman–Crippen MR) is 111 cm³/mol. The zero-order valence-electron chi connectivity index (χ0n) is 15.9. The van der Waals surface area contributed by atoms with Crippen molar-refractivity contribution in [1.29, 1.82) is 0 Å². The smallest absolute Gasteiger partial charge is 0.242 e. The van der Waals surface area contributed by atoms with Gasteiger partial charge in [-0.05, 0) is 49.6 Å². The van der Waals surface area contributed by atoms with E-state index in [1.165, 1.54) is 12.8 Å². The number of aromatic nitrogens is 1. The number of halogens is 1. The molecule has 0 bridgehead atoms. The van der Waals surface area contributed by atoms with E-state index in [-0.39, 0.29) is 24.2 Å². The van der Waals surface area contributed by atoms with Crippen molar-refractivity contribution in [1.82, 2.24) is 14.8 Å². The van der Waals surface area contributed by atoms with Gasteiger partial charge in [0.15, 0.2) is 0 Å². The molecule has 4 rings (SSSR count). The van der Waals surface area contributed by atoms with Crippen LogP contribution >= 0.6 is 12.4 Å². The molecular formula is C20H27ClN4O3. The molecule has 0 radical (unpaired) electrons. The second-order valence-electron chi connectivity index (χ2n) is 7.33. The van der Waals surface area contributed by atoms with Gasteiger partial charge in [0.2, 0.25) is 11.8 Å². The van der Waals surface area contributed by atoms with Crippen LogP contribution < -0.4 is 10.6 Å². The minimum Gasteiger partial charge on any atom is -0.378 e. The maximum absolute atomic E-state index is 12.5. The van der Waals surface area contributed by atoms with Crippen LogP contribution in [0, 0.1) is 5.92 Å². The van der Waals surface area contributed by atoms with Gasteiger partial charge in [-0.1, -0.05) is 0 Å². The number of hydrogen-bond acceptors (Lipinski definition) is 4. The zero-order valence-corrected chi connectivity index (χ0v) is 16.7. The van der Waals surface area contributed by atoms with E-state index < -0.39 is 0 Å². The average Bonchev–Trinajstić information content (AvgIpc) is 3.42. The first-order valence-corrected chi connectivity index (χ1v) is 9.64. The van der Waals surface area contributed by atoms with E-state index in [1.54, 1.807) is 0 Å². The van der Waals surface area contributed by atoms with E-state index >= 15 is 0 Å². The summed E-state index contributed by atoms with van der Waals surface area (Å²) in [5.74, 6) is 0.834. The molecule has 2 heterocycles. The van der Waals surface area contributed by atoms with Crippen molar-refractivity contribution in [2.24, 2.45) is 5.92 Å². The summed E-state index contributed by atoms with van der Waals surface area (Å²) in [7, 11) is 0. The Kier molecular flexibility index (Phi) is 6.93. The first-order chi connectivity index (χ1) is 13.2. The summed E-state index contributed by atoms with van der Waals surface area (Å²) >= 11 is 0. The molecule has 0 atom stereocenters. The van der Waals surface area contributed by atoms with E-state index in [9.17, 15) is 9.59 Å². The van der Waals surface area contributed by atoms with Gasteiger partial charge in [0, 0.05) is 35.9 Å². The minimum atomic E-state index is -0.0306. The van der Waals surface area contributed by atoms with Crippen molar-refractivity contribution >= 4 is 40.8 Å². The third-order valence-corrected chi connectivity index (χ3v) is 5.14. The highest BCUT2D eigenvalue weighted by Gasteiger charge is 2.20. The fraction of sp³-hybridized carbons (Fsp3) is 0.500. The molecule has 1 saturated carbocycles. The van der Waals surface area contributed by atoms with Crippen molar-refractivity contribution in [3.05, 3.63) is 30.5 Å². The summed E-state index contributed by atoms with van der Waals surface area (Å²) in [5, 5.41) is 7.13. The summed E-state index contributed by atoms with van der Waals surface area (Å²) < 4.78 is 7.25. The Hall–Kier alpha value is -2.09. The Balaban J connectivity index is 0.00000225. The zero-order chi connectivity index (χ0) is 18.6. The van der Waals surface area contributed by atoms with E-state index in [0.717, 1.165) is 29.1 Å². The molecule has 2 fully saturated rings. The van der Waals surface area contributed by atoms with Crippen molar-refractivity contribution in [3.8, 4) is 0 Å². The summed E-state index contributed by atoms with van der Waals surface area (Å²) in [6.45, 7) is 4.11. The van der Waals surface area contributed by atoms with Crippen LogP contribution in [0.1, 0.15) is 12.8 Å². The van der Waals surface area contributed by atoms with Gasteiger partial charge < -0.3 is 24.8 Å². The lowest BCUT2D eigenvalue weighted by atomic mass is 10.2. The number of nitrogens with zero attached hydrogens (tertiary/aromatic N) is 2. The number of carbonyl (C=O) groups excluding carboxylic acids is 2. The monoisotopic (exact) mass is 406 g/mol. The Morgan fingerprint density at radius 2 is 1.93 bits per heavy atom. The third-order valence-electron chi connectivity index (χ3n) is 5.14. The van der Waals surface area contributed by atoms with E-state index in [4.69, 9.17) is 4.74 Å². The summed E-state index contributed by atoms with van der Waals surface area (Å²) in [6, 6.07) is 7.76. The normalized spacial score (nSPS) is 16.6. The van der Waals surface area contributed by atoms with Crippen molar-refractivity contribution in [2.75, 3.05) is 44.7 Å². The number of morpholine rings is 1. The Bertz CT molecular complexity index is 828. The van der Waals surface area contributed by atoms with E-state index in [0.29, 0.717) is 39.4 Å². The molecule has 2 aliphatic rings. The average molecular weight is 407 g/mol. The van der Waals surface area contributed by atoms with Crippen LogP contribution in [0.4, 0.5) is 5.69 Å². The third kappa shape index (κ3) is 5.25. The summed E-state index contributed by atoms with van der Waals surface area (Å²) in [6.07, 6.45) is 4.47. The molecule has 1 saturated heterocycles. The lowest BCUT2D eigenvalue weighted by Crippen LogP contribution is -2.42. The summed E-state index contributed by atoms with van der Waals surface area (Å²) in [4.78, 5) is 26.3. The second-order valence-corrected chi connectivity index (χ2v) is 7.33. The van der Waals surface area contributed by atoms with Crippen LogP contribution in [0.15, 0.2) is 30.5 Å². The first kappa shape index (κ1) is 20.6. The van der Waals surface area contributed by atoms with Gasteiger partial charge in [-0.2, -0.15) is 0 Å².